The van der Waals surface area contributed by atoms with E-state index in [9.17, 15) is 0 Å². The zero-order chi connectivity index (χ0) is 13.3. The second-order valence-electron chi connectivity index (χ2n) is 4.63. The number of thiophene rings is 1. The molecule has 96 valence electrons. The Balaban J connectivity index is 2.51. The Hall–Kier alpha value is -0.450. The molecular formula is C13H14BrClN2S. The van der Waals surface area contributed by atoms with Crippen LogP contribution >= 0.6 is 38.9 Å². The largest absolute Gasteiger partial charge is 0.231 e. The lowest BCUT2D eigenvalue weighted by Gasteiger charge is -2.09. The average molecular weight is 346 g/mol. The first kappa shape index (κ1) is 14.0. The molecule has 2 rings (SSSR count). The van der Waals surface area contributed by atoms with Gasteiger partial charge in [-0.25, -0.2) is 9.97 Å². The molecule has 0 aliphatic heterocycles. The first-order chi connectivity index (χ1) is 8.49. The van der Waals surface area contributed by atoms with Gasteiger partial charge in [0.05, 0.1) is 15.0 Å². The molecule has 0 fully saturated rings. The second kappa shape index (κ2) is 5.68. The quantitative estimate of drug-likeness (QED) is 0.721. The van der Waals surface area contributed by atoms with E-state index in [-0.39, 0.29) is 0 Å². The van der Waals surface area contributed by atoms with Gasteiger partial charge >= 0.3 is 0 Å². The first-order valence-corrected chi connectivity index (χ1v) is 7.80. The standard InChI is InChI=1S/C13H14BrClN2S/c1-7(2)6-9-10(14)12(15)17-13(16-9)11-8(3)4-5-18-11/h4-5,7H,6H2,1-3H3. The highest BCUT2D eigenvalue weighted by atomic mass is 79.9. The third-order valence-corrected chi connectivity index (χ3v) is 4.89. The molecule has 0 amide bonds. The van der Waals surface area contributed by atoms with Crippen molar-refractivity contribution in [1.82, 2.24) is 9.97 Å². The predicted octanol–water partition coefficient (Wildman–Crippen LogP) is 5.13. The molecule has 0 spiro atoms. The maximum absolute atomic E-state index is 6.18. The number of rotatable bonds is 3. The van der Waals surface area contributed by atoms with Gasteiger partial charge in [0.15, 0.2) is 5.82 Å². The SMILES string of the molecule is Cc1ccsc1-c1nc(Cl)c(Br)c(CC(C)C)n1. The van der Waals surface area contributed by atoms with E-state index in [1.807, 2.05) is 5.38 Å². The molecule has 0 saturated heterocycles. The minimum atomic E-state index is 0.489. The van der Waals surface area contributed by atoms with Crippen LogP contribution < -0.4 is 0 Å². The molecule has 5 heteroatoms. The zero-order valence-corrected chi connectivity index (χ0v) is 13.7. The third-order valence-electron chi connectivity index (χ3n) is 2.55. The summed E-state index contributed by atoms with van der Waals surface area (Å²) < 4.78 is 0.816. The fraction of sp³-hybridized carbons (Fsp3) is 0.385. The Morgan fingerprint density at radius 2 is 2.11 bits per heavy atom. The van der Waals surface area contributed by atoms with Crippen molar-refractivity contribution in [2.24, 2.45) is 5.92 Å². The van der Waals surface area contributed by atoms with Gasteiger partial charge in [-0.1, -0.05) is 25.4 Å². The van der Waals surface area contributed by atoms with Crippen LogP contribution in [-0.4, -0.2) is 9.97 Å². The van der Waals surface area contributed by atoms with Gasteiger partial charge in [-0.15, -0.1) is 11.3 Å². The van der Waals surface area contributed by atoms with Crippen LogP contribution in [0.4, 0.5) is 0 Å². The number of aromatic nitrogens is 2. The molecular weight excluding hydrogens is 332 g/mol. The molecule has 0 N–H and O–H groups in total. The molecule has 0 unspecified atom stereocenters. The first-order valence-electron chi connectivity index (χ1n) is 5.75. The zero-order valence-electron chi connectivity index (χ0n) is 10.5. The number of hydrogen-bond donors (Lipinski definition) is 0. The summed E-state index contributed by atoms with van der Waals surface area (Å²) >= 11 is 11.3. The fourth-order valence-corrected chi connectivity index (χ4v) is 3.08. The Labute approximate surface area is 125 Å². The van der Waals surface area contributed by atoms with Crippen molar-refractivity contribution in [3.63, 3.8) is 0 Å². The summed E-state index contributed by atoms with van der Waals surface area (Å²) in [4.78, 5) is 10.1. The van der Waals surface area contributed by atoms with E-state index in [2.05, 4.69) is 52.7 Å². The Morgan fingerprint density at radius 1 is 1.39 bits per heavy atom. The highest BCUT2D eigenvalue weighted by Crippen LogP contribution is 2.31. The van der Waals surface area contributed by atoms with E-state index >= 15 is 0 Å². The van der Waals surface area contributed by atoms with E-state index in [4.69, 9.17) is 11.6 Å². The van der Waals surface area contributed by atoms with Crippen molar-refractivity contribution in [2.45, 2.75) is 27.2 Å². The molecule has 18 heavy (non-hydrogen) atoms. The van der Waals surface area contributed by atoms with Crippen LogP contribution in [0.3, 0.4) is 0 Å². The van der Waals surface area contributed by atoms with Gasteiger partial charge in [0.25, 0.3) is 0 Å². The molecule has 0 radical (unpaired) electrons. The van der Waals surface area contributed by atoms with Crippen LogP contribution in [0, 0.1) is 12.8 Å². The number of nitrogens with zero attached hydrogens (tertiary/aromatic N) is 2. The van der Waals surface area contributed by atoms with E-state index < -0.39 is 0 Å². The lowest BCUT2D eigenvalue weighted by molar-refractivity contribution is 0.632. The van der Waals surface area contributed by atoms with E-state index in [1.54, 1.807) is 11.3 Å². The third kappa shape index (κ3) is 2.92. The number of hydrogen-bond acceptors (Lipinski definition) is 3. The topological polar surface area (TPSA) is 25.8 Å². The van der Waals surface area contributed by atoms with Crippen LogP contribution in [0.25, 0.3) is 10.7 Å². The van der Waals surface area contributed by atoms with Gasteiger partial charge in [-0.3, -0.25) is 0 Å². The summed E-state index contributed by atoms with van der Waals surface area (Å²) in [5.41, 5.74) is 2.17. The lowest BCUT2D eigenvalue weighted by atomic mass is 10.1. The van der Waals surface area contributed by atoms with Gasteiger partial charge in [-0.05, 0) is 52.2 Å². The van der Waals surface area contributed by atoms with Gasteiger partial charge in [0.2, 0.25) is 0 Å². The smallest absolute Gasteiger partial charge is 0.171 e. The molecule has 0 saturated carbocycles. The lowest BCUT2D eigenvalue weighted by Crippen LogP contribution is -2.02. The monoisotopic (exact) mass is 344 g/mol. The summed E-state index contributed by atoms with van der Waals surface area (Å²) in [6.07, 6.45) is 0.889. The Bertz CT molecular complexity index is 566. The van der Waals surface area contributed by atoms with Crippen LogP contribution in [0.2, 0.25) is 5.15 Å². The molecule has 0 aromatic carbocycles. The second-order valence-corrected chi connectivity index (χ2v) is 6.70. The molecule has 0 aliphatic carbocycles. The van der Waals surface area contributed by atoms with Crippen molar-refractivity contribution >= 4 is 38.9 Å². The minimum Gasteiger partial charge on any atom is -0.231 e. The van der Waals surface area contributed by atoms with E-state index in [0.717, 1.165) is 27.3 Å². The van der Waals surface area contributed by atoms with Gasteiger partial charge in [-0.2, -0.15) is 0 Å². The predicted molar refractivity (Wildman–Crippen MR) is 81.3 cm³/mol. The Morgan fingerprint density at radius 3 is 2.67 bits per heavy atom. The van der Waals surface area contributed by atoms with Crippen molar-refractivity contribution in [1.29, 1.82) is 0 Å². The van der Waals surface area contributed by atoms with E-state index in [1.165, 1.54) is 5.56 Å². The van der Waals surface area contributed by atoms with Gasteiger partial charge in [0.1, 0.15) is 5.15 Å². The van der Waals surface area contributed by atoms with Crippen molar-refractivity contribution in [2.75, 3.05) is 0 Å². The highest BCUT2D eigenvalue weighted by molar-refractivity contribution is 9.10. The molecule has 2 aromatic rings. The molecule has 2 aromatic heterocycles. The maximum atomic E-state index is 6.18. The normalized spacial score (nSPS) is 11.2. The fourth-order valence-electron chi connectivity index (χ4n) is 1.69. The summed E-state index contributed by atoms with van der Waals surface area (Å²) in [5.74, 6) is 1.26. The van der Waals surface area contributed by atoms with Crippen LogP contribution in [0.1, 0.15) is 25.1 Å². The van der Waals surface area contributed by atoms with Crippen molar-refractivity contribution in [3.8, 4) is 10.7 Å². The Kier molecular flexibility index (Phi) is 4.41. The summed E-state index contributed by atoms with van der Waals surface area (Å²) in [6.45, 7) is 6.39. The summed E-state index contributed by atoms with van der Waals surface area (Å²) in [7, 11) is 0. The van der Waals surface area contributed by atoms with Crippen molar-refractivity contribution < 1.29 is 0 Å². The maximum Gasteiger partial charge on any atom is 0.171 e. The van der Waals surface area contributed by atoms with Crippen LogP contribution in [0.15, 0.2) is 15.9 Å². The molecule has 0 aliphatic rings. The van der Waals surface area contributed by atoms with Crippen LogP contribution in [-0.2, 0) is 6.42 Å². The molecule has 0 bridgehead atoms. The number of halogens is 2. The van der Waals surface area contributed by atoms with Crippen LogP contribution in [0.5, 0.6) is 0 Å². The minimum absolute atomic E-state index is 0.489. The average Bonchev–Trinajstić information content (AvgIpc) is 2.70. The van der Waals surface area contributed by atoms with E-state index in [0.29, 0.717) is 11.1 Å². The van der Waals surface area contributed by atoms with Crippen molar-refractivity contribution in [3.05, 3.63) is 32.3 Å². The van der Waals surface area contributed by atoms with Gasteiger partial charge < -0.3 is 0 Å². The summed E-state index contributed by atoms with van der Waals surface area (Å²) in [5, 5.41) is 2.54. The molecule has 2 nitrogen and oxygen atoms in total. The summed E-state index contributed by atoms with van der Waals surface area (Å²) in [6, 6.07) is 2.07. The molecule has 2 heterocycles. The number of aryl methyl sites for hydroxylation is 1. The molecule has 0 atom stereocenters. The highest BCUT2D eigenvalue weighted by Gasteiger charge is 2.15. The van der Waals surface area contributed by atoms with Gasteiger partial charge in [0, 0.05) is 0 Å².